The molecule has 6 heteroatoms. The van der Waals surface area contributed by atoms with E-state index in [1.54, 1.807) is 11.8 Å². The molecule has 1 saturated carbocycles. The fourth-order valence-corrected chi connectivity index (χ4v) is 2.51. The molecule has 0 aliphatic heterocycles. The number of carbonyl (C=O) groups is 2. The molecule has 6 nitrogen and oxygen atoms in total. The highest BCUT2D eigenvalue weighted by Gasteiger charge is 2.26. The van der Waals surface area contributed by atoms with Crippen molar-refractivity contribution in [2.75, 3.05) is 19.7 Å². The molecule has 1 rings (SSSR count). The number of carboxylic acids is 1. The first-order valence-electron chi connectivity index (χ1n) is 6.91. The molecule has 0 bridgehead atoms. The molecule has 0 heterocycles. The second kappa shape index (κ2) is 7.99. The highest BCUT2D eigenvalue weighted by molar-refractivity contribution is 5.74. The van der Waals surface area contributed by atoms with Gasteiger partial charge in [0.2, 0.25) is 0 Å². The van der Waals surface area contributed by atoms with E-state index >= 15 is 0 Å². The van der Waals surface area contributed by atoms with E-state index in [1.165, 1.54) is 0 Å². The summed E-state index contributed by atoms with van der Waals surface area (Å²) in [5, 5.41) is 20.5. The Balaban J connectivity index is 2.41. The Labute approximate surface area is 113 Å². The van der Waals surface area contributed by atoms with Gasteiger partial charge in [-0.05, 0) is 18.8 Å². The summed E-state index contributed by atoms with van der Waals surface area (Å²) in [7, 11) is 0. The van der Waals surface area contributed by atoms with Gasteiger partial charge in [-0.15, -0.1) is 0 Å². The minimum atomic E-state index is -0.857. The molecule has 1 unspecified atom stereocenters. The molecule has 0 saturated heterocycles. The second-order valence-corrected chi connectivity index (χ2v) is 5.24. The summed E-state index contributed by atoms with van der Waals surface area (Å²) in [6.45, 7) is 2.43. The van der Waals surface area contributed by atoms with Crippen LogP contribution in [0.3, 0.4) is 0 Å². The number of hydrogen-bond acceptors (Lipinski definition) is 3. The molecule has 1 aliphatic rings. The van der Waals surface area contributed by atoms with Crippen LogP contribution in [0, 0.1) is 5.92 Å². The van der Waals surface area contributed by atoms with Crippen molar-refractivity contribution in [2.24, 2.45) is 5.92 Å². The molecular formula is C13H24N2O4. The molecule has 0 aromatic rings. The number of nitrogens with one attached hydrogen (secondary N) is 1. The van der Waals surface area contributed by atoms with Crippen LogP contribution in [0.15, 0.2) is 0 Å². The zero-order chi connectivity index (χ0) is 14.3. The van der Waals surface area contributed by atoms with E-state index in [1.807, 2.05) is 0 Å². The van der Waals surface area contributed by atoms with Gasteiger partial charge in [0.15, 0.2) is 0 Å². The van der Waals surface area contributed by atoms with Crippen LogP contribution >= 0.6 is 0 Å². The minimum absolute atomic E-state index is 0.0453. The maximum atomic E-state index is 12.1. The van der Waals surface area contributed by atoms with Crippen LogP contribution in [0.2, 0.25) is 0 Å². The highest BCUT2D eigenvalue weighted by atomic mass is 16.4. The van der Waals surface area contributed by atoms with Gasteiger partial charge in [-0.1, -0.05) is 19.8 Å². The highest BCUT2D eigenvalue weighted by Crippen LogP contribution is 2.23. The van der Waals surface area contributed by atoms with E-state index < -0.39 is 5.97 Å². The Morgan fingerprint density at radius 1 is 1.37 bits per heavy atom. The maximum absolute atomic E-state index is 12.1. The molecule has 0 aromatic heterocycles. The SMILES string of the molecule is CC(CNC(=O)N(CCO)C1CCCC1)CC(=O)O. The summed E-state index contributed by atoms with van der Waals surface area (Å²) in [6.07, 6.45) is 4.25. The van der Waals surface area contributed by atoms with Crippen LogP contribution < -0.4 is 5.32 Å². The Bertz CT molecular complexity index is 303. The van der Waals surface area contributed by atoms with Crippen LogP contribution in [-0.2, 0) is 4.79 Å². The molecule has 1 atom stereocenters. The monoisotopic (exact) mass is 272 g/mol. The van der Waals surface area contributed by atoms with Crippen molar-refractivity contribution in [3.63, 3.8) is 0 Å². The number of aliphatic carboxylic acids is 1. The maximum Gasteiger partial charge on any atom is 0.317 e. The molecule has 0 aromatic carbocycles. The van der Waals surface area contributed by atoms with Gasteiger partial charge in [-0.25, -0.2) is 4.79 Å². The van der Waals surface area contributed by atoms with E-state index in [0.717, 1.165) is 25.7 Å². The fourth-order valence-electron chi connectivity index (χ4n) is 2.51. The summed E-state index contributed by atoms with van der Waals surface area (Å²) < 4.78 is 0. The number of amides is 2. The number of carboxylic acid groups (broad SMARTS) is 1. The van der Waals surface area contributed by atoms with Crippen molar-refractivity contribution < 1.29 is 19.8 Å². The molecule has 1 fully saturated rings. The van der Waals surface area contributed by atoms with Crippen LogP contribution in [-0.4, -0.2) is 52.9 Å². The van der Waals surface area contributed by atoms with E-state index in [4.69, 9.17) is 10.2 Å². The first-order valence-corrected chi connectivity index (χ1v) is 6.91. The molecule has 19 heavy (non-hydrogen) atoms. The average Bonchev–Trinajstić information content (AvgIpc) is 2.85. The quantitative estimate of drug-likeness (QED) is 0.646. The molecule has 0 radical (unpaired) electrons. The summed E-state index contributed by atoms with van der Waals surface area (Å²) in [5.74, 6) is -0.953. The Kier molecular flexibility index (Phi) is 6.62. The second-order valence-electron chi connectivity index (χ2n) is 5.24. The van der Waals surface area contributed by atoms with E-state index in [-0.39, 0.29) is 31.0 Å². The van der Waals surface area contributed by atoms with Crippen molar-refractivity contribution in [3.05, 3.63) is 0 Å². The van der Waals surface area contributed by atoms with Crippen LogP contribution in [0.5, 0.6) is 0 Å². The summed E-state index contributed by atoms with van der Waals surface area (Å²) >= 11 is 0. The van der Waals surface area contributed by atoms with Crippen molar-refractivity contribution in [3.8, 4) is 0 Å². The molecule has 2 amide bonds. The van der Waals surface area contributed by atoms with Gasteiger partial charge < -0.3 is 20.4 Å². The van der Waals surface area contributed by atoms with Crippen LogP contribution in [0.1, 0.15) is 39.0 Å². The van der Waals surface area contributed by atoms with E-state index in [9.17, 15) is 9.59 Å². The van der Waals surface area contributed by atoms with Crippen molar-refractivity contribution in [1.82, 2.24) is 10.2 Å². The zero-order valence-corrected chi connectivity index (χ0v) is 11.5. The van der Waals surface area contributed by atoms with Gasteiger partial charge >= 0.3 is 12.0 Å². The largest absolute Gasteiger partial charge is 0.481 e. The first kappa shape index (κ1) is 15.8. The molecule has 1 aliphatic carbocycles. The van der Waals surface area contributed by atoms with Gasteiger partial charge in [0.1, 0.15) is 0 Å². The van der Waals surface area contributed by atoms with E-state index in [2.05, 4.69) is 5.32 Å². The number of hydrogen-bond donors (Lipinski definition) is 3. The van der Waals surface area contributed by atoms with Gasteiger partial charge in [0.25, 0.3) is 0 Å². The third-order valence-corrected chi connectivity index (χ3v) is 3.49. The Hall–Kier alpha value is -1.30. The number of urea groups is 1. The standard InChI is InChI=1S/C13H24N2O4/c1-10(8-12(17)18)9-14-13(19)15(6-7-16)11-4-2-3-5-11/h10-11,16H,2-9H2,1H3,(H,14,19)(H,17,18). The lowest BCUT2D eigenvalue weighted by Gasteiger charge is -2.29. The molecule has 3 N–H and O–H groups in total. The molecule has 0 spiro atoms. The van der Waals surface area contributed by atoms with Gasteiger partial charge in [-0.3, -0.25) is 4.79 Å². The Morgan fingerprint density at radius 3 is 2.53 bits per heavy atom. The third-order valence-electron chi connectivity index (χ3n) is 3.49. The van der Waals surface area contributed by atoms with Crippen LogP contribution in [0.25, 0.3) is 0 Å². The minimum Gasteiger partial charge on any atom is -0.481 e. The number of rotatable bonds is 7. The lowest BCUT2D eigenvalue weighted by Crippen LogP contribution is -2.47. The molecular weight excluding hydrogens is 248 g/mol. The lowest BCUT2D eigenvalue weighted by molar-refractivity contribution is -0.137. The third kappa shape index (κ3) is 5.46. The summed E-state index contributed by atoms with van der Waals surface area (Å²) in [5.41, 5.74) is 0. The van der Waals surface area contributed by atoms with Crippen molar-refractivity contribution in [1.29, 1.82) is 0 Å². The van der Waals surface area contributed by atoms with Crippen molar-refractivity contribution in [2.45, 2.75) is 45.1 Å². The summed E-state index contributed by atoms with van der Waals surface area (Å²) in [6, 6.07) is 0.0140. The van der Waals surface area contributed by atoms with Crippen LogP contribution in [0.4, 0.5) is 4.79 Å². The molecule has 110 valence electrons. The fraction of sp³-hybridized carbons (Fsp3) is 0.846. The van der Waals surface area contributed by atoms with Gasteiger partial charge in [0.05, 0.1) is 6.61 Å². The zero-order valence-electron chi connectivity index (χ0n) is 11.5. The predicted molar refractivity (Wildman–Crippen MR) is 70.9 cm³/mol. The number of aliphatic hydroxyl groups excluding tert-OH is 1. The normalized spacial score (nSPS) is 17.2. The van der Waals surface area contributed by atoms with Gasteiger partial charge in [0, 0.05) is 25.6 Å². The Morgan fingerprint density at radius 2 is 2.00 bits per heavy atom. The topological polar surface area (TPSA) is 89.9 Å². The van der Waals surface area contributed by atoms with Crippen molar-refractivity contribution >= 4 is 12.0 Å². The predicted octanol–water partition coefficient (Wildman–Crippen LogP) is 1.04. The number of nitrogens with zero attached hydrogens (tertiary/aromatic N) is 1. The smallest absolute Gasteiger partial charge is 0.317 e. The lowest BCUT2D eigenvalue weighted by atomic mass is 10.1. The number of carbonyl (C=O) groups excluding carboxylic acids is 1. The average molecular weight is 272 g/mol. The van der Waals surface area contributed by atoms with Gasteiger partial charge in [-0.2, -0.15) is 0 Å². The first-order chi connectivity index (χ1) is 9.04. The summed E-state index contributed by atoms with van der Waals surface area (Å²) in [4.78, 5) is 24.3. The van der Waals surface area contributed by atoms with E-state index in [0.29, 0.717) is 13.1 Å². The number of aliphatic hydroxyl groups is 1.